The second kappa shape index (κ2) is 7.32. The maximum absolute atomic E-state index is 12.7. The van der Waals surface area contributed by atoms with Crippen molar-refractivity contribution < 1.29 is 14.3 Å². The number of benzene rings is 2. The Morgan fingerprint density at radius 2 is 1.69 bits per heavy atom. The molecule has 0 aliphatic heterocycles. The predicted octanol–water partition coefficient (Wildman–Crippen LogP) is 3.74. The van der Waals surface area contributed by atoms with E-state index >= 15 is 0 Å². The number of hydrogen-bond acceptors (Lipinski definition) is 3. The van der Waals surface area contributed by atoms with E-state index in [1.54, 1.807) is 0 Å². The van der Waals surface area contributed by atoms with Crippen LogP contribution in [0, 0.1) is 0 Å². The van der Waals surface area contributed by atoms with Gasteiger partial charge in [0.25, 0.3) is 5.91 Å². The van der Waals surface area contributed by atoms with Crippen molar-refractivity contribution >= 4 is 11.9 Å². The van der Waals surface area contributed by atoms with Crippen LogP contribution in [0.2, 0.25) is 0 Å². The van der Waals surface area contributed by atoms with Gasteiger partial charge in [0.2, 0.25) is 6.10 Å². The molecule has 134 valence electrons. The maximum Gasteiger partial charge on any atom is 0.339 e. The van der Waals surface area contributed by atoms with Crippen molar-refractivity contribution in [2.24, 2.45) is 0 Å². The predicted molar refractivity (Wildman–Crippen MR) is 98.8 cm³/mol. The Morgan fingerprint density at radius 3 is 2.42 bits per heavy atom. The van der Waals surface area contributed by atoms with E-state index in [1.165, 1.54) is 17.5 Å². The first-order valence-electron chi connectivity index (χ1n) is 9.39. The second-order valence-corrected chi connectivity index (χ2v) is 7.17. The van der Waals surface area contributed by atoms with Crippen molar-refractivity contribution in [2.45, 2.75) is 50.7 Å². The number of esters is 1. The third-order valence-corrected chi connectivity index (χ3v) is 5.07. The zero-order valence-electron chi connectivity index (χ0n) is 14.7. The Labute approximate surface area is 153 Å². The lowest BCUT2D eigenvalue weighted by molar-refractivity contribution is -0.130. The van der Waals surface area contributed by atoms with E-state index < -0.39 is 12.1 Å². The lowest BCUT2D eigenvalue weighted by Crippen LogP contribution is -2.33. The first-order chi connectivity index (χ1) is 12.7. The van der Waals surface area contributed by atoms with Crippen LogP contribution in [-0.4, -0.2) is 17.9 Å². The van der Waals surface area contributed by atoms with E-state index in [4.69, 9.17) is 4.74 Å². The van der Waals surface area contributed by atoms with Crippen molar-refractivity contribution in [3.63, 3.8) is 0 Å². The van der Waals surface area contributed by atoms with Crippen LogP contribution in [0.4, 0.5) is 0 Å². The smallest absolute Gasteiger partial charge is 0.339 e. The first-order valence-corrected chi connectivity index (χ1v) is 9.39. The Bertz CT molecular complexity index is 811. The van der Waals surface area contributed by atoms with Gasteiger partial charge in [-0.2, -0.15) is 0 Å². The molecule has 2 aliphatic carbocycles. The van der Waals surface area contributed by atoms with Crippen molar-refractivity contribution in [2.75, 3.05) is 0 Å². The van der Waals surface area contributed by atoms with E-state index in [0.29, 0.717) is 11.1 Å². The summed E-state index contributed by atoms with van der Waals surface area (Å²) in [6, 6.07) is 15.2. The van der Waals surface area contributed by atoms with Gasteiger partial charge in [-0.1, -0.05) is 36.4 Å². The van der Waals surface area contributed by atoms with Gasteiger partial charge in [-0.3, -0.25) is 4.79 Å². The van der Waals surface area contributed by atoms with Crippen LogP contribution < -0.4 is 5.32 Å². The van der Waals surface area contributed by atoms with E-state index in [2.05, 4.69) is 5.32 Å². The average molecular weight is 349 g/mol. The van der Waals surface area contributed by atoms with Gasteiger partial charge in [-0.25, -0.2) is 4.79 Å². The minimum Gasteiger partial charge on any atom is -0.444 e. The minimum absolute atomic E-state index is 0.219. The average Bonchev–Trinajstić information content (AvgIpc) is 3.50. The number of carbonyl (C=O) groups is 2. The Balaban J connectivity index is 1.54. The van der Waals surface area contributed by atoms with Crippen molar-refractivity contribution in [1.29, 1.82) is 0 Å². The molecule has 0 unspecified atom stereocenters. The number of nitrogens with one attached hydrogen (secondary N) is 1. The summed E-state index contributed by atoms with van der Waals surface area (Å²) < 4.78 is 5.65. The first kappa shape index (κ1) is 16.8. The Kier molecular flexibility index (Phi) is 4.74. The van der Waals surface area contributed by atoms with Gasteiger partial charge in [0.05, 0.1) is 5.56 Å². The molecule has 0 spiro atoms. The maximum atomic E-state index is 12.7. The number of fused-ring (bicyclic) bond motifs is 1. The summed E-state index contributed by atoms with van der Waals surface area (Å²) in [6.45, 7) is 0. The van der Waals surface area contributed by atoms with Crippen molar-refractivity contribution in [3.05, 3.63) is 70.8 Å². The van der Waals surface area contributed by atoms with E-state index in [-0.39, 0.29) is 11.9 Å². The fourth-order valence-corrected chi connectivity index (χ4v) is 3.44. The molecule has 2 aliphatic rings. The van der Waals surface area contributed by atoms with E-state index in [0.717, 1.165) is 32.1 Å². The molecule has 4 nitrogen and oxygen atoms in total. The van der Waals surface area contributed by atoms with Crippen LogP contribution in [0.15, 0.2) is 48.5 Å². The molecule has 1 amide bonds. The van der Waals surface area contributed by atoms with Crippen LogP contribution in [-0.2, 0) is 22.4 Å². The van der Waals surface area contributed by atoms with E-state index in [9.17, 15) is 9.59 Å². The molecule has 1 atom stereocenters. The summed E-state index contributed by atoms with van der Waals surface area (Å²) in [6.07, 6.45) is 5.50. The second-order valence-electron chi connectivity index (χ2n) is 7.17. The number of ether oxygens (including phenoxy) is 1. The Hall–Kier alpha value is -2.62. The molecule has 26 heavy (non-hydrogen) atoms. The topological polar surface area (TPSA) is 55.4 Å². The number of amides is 1. The lowest BCUT2D eigenvalue weighted by Gasteiger charge is -2.19. The van der Waals surface area contributed by atoms with Gasteiger partial charge in [0.15, 0.2) is 0 Å². The normalized spacial score (nSPS) is 17.1. The van der Waals surface area contributed by atoms with Gasteiger partial charge in [-0.05, 0) is 61.8 Å². The molecule has 1 saturated carbocycles. The SMILES string of the molecule is O=C(O[C@@H](C(=O)NC1CC1)c1ccccc1)c1ccc2c(c1)CCCC2. The molecule has 0 aromatic heterocycles. The van der Waals surface area contributed by atoms with Crippen LogP contribution in [0.5, 0.6) is 0 Å². The summed E-state index contributed by atoms with van der Waals surface area (Å²) in [7, 11) is 0. The highest BCUT2D eigenvalue weighted by Crippen LogP contribution is 2.26. The summed E-state index contributed by atoms with van der Waals surface area (Å²) in [5.41, 5.74) is 3.76. The van der Waals surface area contributed by atoms with Crippen molar-refractivity contribution in [1.82, 2.24) is 5.32 Å². The molecule has 0 heterocycles. The highest BCUT2D eigenvalue weighted by Gasteiger charge is 2.31. The van der Waals surface area contributed by atoms with Crippen LogP contribution in [0.1, 0.15) is 58.8 Å². The van der Waals surface area contributed by atoms with Gasteiger partial charge in [-0.15, -0.1) is 0 Å². The lowest BCUT2D eigenvalue weighted by atomic mass is 9.90. The molecule has 0 saturated heterocycles. The Morgan fingerprint density at radius 1 is 0.962 bits per heavy atom. The summed E-state index contributed by atoms with van der Waals surface area (Å²) in [5.74, 6) is -0.691. The van der Waals surface area contributed by atoms with Crippen molar-refractivity contribution in [3.8, 4) is 0 Å². The number of carbonyl (C=O) groups excluding carboxylic acids is 2. The molecular formula is C22H23NO3. The third kappa shape index (κ3) is 3.79. The van der Waals surface area contributed by atoms with Gasteiger partial charge in [0.1, 0.15) is 0 Å². The highest BCUT2D eigenvalue weighted by atomic mass is 16.5. The quantitative estimate of drug-likeness (QED) is 0.837. The molecule has 2 aromatic carbocycles. The number of rotatable bonds is 5. The fraction of sp³-hybridized carbons (Fsp3) is 0.364. The summed E-state index contributed by atoms with van der Waals surface area (Å²) in [5, 5.41) is 2.94. The zero-order valence-corrected chi connectivity index (χ0v) is 14.7. The molecule has 0 bridgehead atoms. The molecule has 4 rings (SSSR count). The van der Waals surface area contributed by atoms with Gasteiger partial charge >= 0.3 is 5.97 Å². The van der Waals surface area contributed by atoms with Gasteiger partial charge in [0, 0.05) is 11.6 Å². The van der Waals surface area contributed by atoms with Crippen LogP contribution in [0.3, 0.4) is 0 Å². The van der Waals surface area contributed by atoms with Crippen LogP contribution >= 0.6 is 0 Å². The molecule has 0 radical (unpaired) electrons. The van der Waals surface area contributed by atoms with Crippen LogP contribution in [0.25, 0.3) is 0 Å². The van der Waals surface area contributed by atoms with E-state index in [1.807, 2.05) is 48.5 Å². The minimum atomic E-state index is -0.916. The molecule has 1 fully saturated rings. The molecule has 2 aromatic rings. The number of hydrogen-bond donors (Lipinski definition) is 1. The summed E-state index contributed by atoms with van der Waals surface area (Å²) >= 11 is 0. The monoisotopic (exact) mass is 349 g/mol. The number of aryl methyl sites for hydroxylation is 2. The third-order valence-electron chi connectivity index (χ3n) is 5.07. The fourth-order valence-electron chi connectivity index (χ4n) is 3.44. The standard InChI is InChI=1S/C22H23NO3/c24-21(23-19-12-13-19)20(16-7-2-1-3-8-16)26-22(25)18-11-10-15-6-4-5-9-17(15)14-18/h1-3,7-8,10-11,14,19-20H,4-6,9,12-13H2,(H,23,24)/t20-/m1/s1. The molecule has 1 N–H and O–H groups in total. The highest BCUT2D eigenvalue weighted by molar-refractivity contribution is 5.93. The van der Waals surface area contributed by atoms with Gasteiger partial charge < -0.3 is 10.1 Å². The molecule has 4 heteroatoms. The largest absolute Gasteiger partial charge is 0.444 e. The summed E-state index contributed by atoms with van der Waals surface area (Å²) in [4.78, 5) is 25.3. The molecular weight excluding hydrogens is 326 g/mol. The zero-order chi connectivity index (χ0) is 17.9.